The van der Waals surface area contributed by atoms with Gasteiger partial charge in [-0.3, -0.25) is 4.79 Å². The number of nitrogen functional groups attached to an aromatic ring is 1. The van der Waals surface area contributed by atoms with Crippen molar-refractivity contribution in [2.24, 2.45) is 0 Å². The minimum Gasteiger partial charge on any atom is -0.493 e. The van der Waals surface area contributed by atoms with Gasteiger partial charge >= 0.3 is 0 Å². The first-order chi connectivity index (χ1) is 9.17. The number of amides is 1. The van der Waals surface area contributed by atoms with Gasteiger partial charge in [0.1, 0.15) is 5.75 Å². The highest BCUT2D eigenvalue weighted by atomic mass is 16.5. The molecule has 5 nitrogen and oxygen atoms in total. The zero-order valence-electron chi connectivity index (χ0n) is 10.9. The van der Waals surface area contributed by atoms with Crippen molar-refractivity contribution in [3.05, 3.63) is 36.9 Å². The fraction of sp³-hybridized carbons (Fsp3) is 0.357. The van der Waals surface area contributed by atoms with Crippen molar-refractivity contribution in [2.75, 3.05) is 32.0 Å². The number of nitrogens with two attached hydrogens (primary N) is 1. The van der Waals surface area contributed by atoms with Crippen LogP contribution in [0.1, 0.15) is 6.42 Å². The summed E-state index contributed by atoms with van der Waals surface area (Å²) in [6.45, 7) is 4.56. The summed E-state index contributed by atoms with van der Waals surface area (Å²) in [5.74, 6) is 0.615. The Hall–Kier alpha value is -2.01. The summed E-state index contributed by atoms with van der Waals surface area (Å²) >= 11 is 0. The van der Waals surface area contributed by atoms with Crippen molar-refractivity contribution < 1.29 is 14.6 Å². The second kappa shape index (κ2) is 8.16. The van der Waals surface area contributed by atoms with Crippen LogP contribution in [-0.4, -0.2) is 42.2 Å². The zero-order valence-corrected chi connectivity index (χ0v) is 10.9. The van der Waals surface area contributed by atoms with E-state index in [0.717, 1.165) is 0 Å². The molecule has 104 valence electrons. The van der Waals surface area contributed by atoms with Crippen LogP contribution in [0.2, 0.25) is 0 Å². The highest BCUT2D eigenvalue weighted by Crippen LogP contribution is 2.13. The lowest BCUT2D eigenvalue weighted by Crippen LogP contribution is -2.34. The van der Waals surface area contributed by atoms with E-state index in [1.165, 1.54) is 0 Å². The molecule has 1 rings (SSSR count). The Morgan fingerprint density at radius 1 is 1.42 bits per heavy atom. The summed E-state index contributed by atoms with van der Waals surface area (Å²) in [5.41, 5.74) is 6.23. The normalized spacial score (nSPS) is 9.95. The van der Waals surface area contributed by atoms with Gasteiger partial charge in [-0.05, 0) is 24.3 Å². The first kappa shape index (κ1) is 15.0. The number of rotatable bonds is 8. The molecule has 1 aromatic rings. The number of ether oxygens (including phenoxy) is 1. The maximum Gasteiger partial charge on any atom is 0.226 e. The molecule has 0 fully saturated rings. The van der Waals surface area contributed by atoms with Crippen molar-refractivity contribution >= 4 is 11.6 Å². The summed E-state index contributed by atoms with van der Waals surface area (Å²) in [4.78, 5) is 13.4. The highest BCUT2D eigenvalue weighted by molar-refractivity contribution is 5.76. The summed E-state index contributed by atoms with van der Waals surface area (Å²) < 4.78 is 5.45. The Kier molecular flexibility index (Phi) is 6.46. The highest BCUT2D eigenvalue weighted by Gasteiger charge is 2.11. The maximum absolute atomic E-state index is 11.8. The lowest BCUT2D eigenvalue weighted by molar-refractivity contribution is -0.131. The molecule has 19 heavy (non-hydrogen) atoms. The van der Waals surface area contributed by atoms with Gasteiger partial charge in [0.25, 0.3) is 0 Å². The average Bonchev–Trinajstić information content (AvgIpc) is 2.40. The van der Waals surface area contributed by atoms with E-state index in [1.54, 1.807) is 35.2 Å². The third kappa shape index (κ3) is 5.44. The van der Waals surface area contributed by atoms with Crippen LogP contribution < -0.4 is 10.5 Å². The molecule has 0 aromatic heterocycles. The van der Waals surface area contributed by atoms with E-state index in [9.17, 15) is 4.79 Å². The van der Waals surface area contributed by atoms with E-state index in [2.05, 4.69) is 6.58 Å². The van der Waals surface area contributed by atoms with Gasteiger partial charge in [-0.15, -0.1) is 6.58 Å². The molecule has 0 aliphatic rings. The molecule has 0 unspecified atom stereocenters. The fourth-order valence-electron chi connectivity index (χ4n) is 1.57. The van der Waals surface area contributed by atoms with Crippen LogP contribution in [0.25, 0.3) is 0 Å². The first-order valence-electron chi connectivity index (χ1n) is 6.15. The van der Waals surface area contributed by atoms with Crippen LogP contribution in [-0.2, 0) is 4.79 Å². The van der Waals surface area contributed by atoms with E-state index in [1.807, 2.05) is 0 Å². The van der Waals surface area contributed by atoms with Crippen LogP contribution in [0.5, 0.6) is 5.75 Å². The molecule has 1 amide bonds. The van der Waals surface area contributed by atoms with E-state index >= 15 is 0 Å². The molecule has 0 atom stereocenters. The van der Waals surface area contributed by atoms with Crippen molar-refractivity contribution in [1.82, 2.24) is 4.90 Å². The topological polar surface area (TPSA) is 75.8 Å². The van der Waals surface area contributed by atoms with E-state index in [0.29, 0.717) is 31.1 Å². The number of benzene rings is 1. The monoisotopic (exact) mass is 264 g/mol. The van der Waals surface area contributed by atoms with E-state index < -0.39 is 0 Å². The molecule has 0 heterocycles. The largest absolute Gasteiger partial charge is 0.493 e. The molecule has 0 aliphatic carbocycles. The second-order valence-electron chi connectivity index (χ2n) is 4.02. The van der Waals surface area contributed by atoms with Crippen LogP contribution >= 0.6 is 0 Å². The Bertz CT molecular complexity index is 404. The first-order valence-corrected chi connectivity index (χ1v) is 6.15. The van der Waals surface area contributed by atoms with Gasteiger partial charge in [-0.25, -0.2) is 0 Å². The van der Waals surface area contributed by atoms with Gasteiger partial charge in [-0.2, -0.15) is 0 Å². The molecule has 0 spiro atoms. The van der Waals surface area contributed by atoms with Gasteiger partial charge in [0.05, 0.1) is 19.6 Å². The molecular weight excluding hydrogens is 244 g/mol. The summed E-state index contributed by atoms with van der Waals surface area (Å²) in [6.07, 6.45) is 1.90. The number of hydrogen-bond acceptors (Lipinski definition) is 4. The third-order valence-corrected chi connectivity index (χ3v) is 2.54. The number of anilines is 1. The second-order valence-corrected chi connectivity index (χ2v) is 4.02. The lowest BCUT2D eigenvalue weighted by atomic mass is 10.3. The predicted octanol–water partition coefficient (Wildman–Crippen LogP) is 1.04. The minimum absolute atomic E-state index is 0.0571. The van der Waals surface area contributed by atoms with Crippen LogP contribution in [0.4, 0.5) is 5.69 Å². The van der Waals surface area contributed by atoms with Gasteiger partial charge in [0, 0.05) is 18.8 Å². The number of hydrogen-bond donors (Lipinski definition) is 2. The summed E-state index contributed by atoms with van der Waals surface area (Å²) in [6, 6.07) is 7.00. The molecule has 0 saturated carbocycles. The SMILES string of the molecule is C=CCN(CCO)C(=O)CCOc1ccc(N)cc1. The molecule has 0 aliphatic heterocycles. The molecule has 0 radical (unpaired) electrons. The van der Waals surface area contributed by atoms with Crippen LogP contribution in [0.15, 0.2) is 36.9 Å². The third-order valence-electron chi connectivity index (χ3n) is 2.54. The van der Waals surface area contributed by atoms with Gasteiger partial charge in [0.15, 0.2) is 0 Å². The molecule has 5 heteroatoms. The molecule has 1 aromatic carbocycles. The fourth-order valence-corrected chi connectivity index (χ4v) is 1.57. The summed E-state index contributed by atoms with van der Waals surface area (Å²) in [5, 5.41) is 8.87. The molecule has 3 N–H and O–H groups in total. The number of carbonyl (C=O) groups is 1. The van der Waals surface area contributed by atoms with Crippen LogP contribution in [0.3, 0.4) is 0 Å². The molecule has 0 saturated heterocycles. The van der Waals surface area contributed by atoms with Gasteiger partial charge in [-0.1, -0.05) is 6.08 Å². The van der Waals surface area contributed by atoms with Crippen molar-refractivity contribution in [3.8, 4) is 5.75 Å². The van der Waals surface area contributed by atoms with Crippen molar-refractivity contribution in [1.29, 1.82) is 0 Å². The van der Waals surface area contributed by atoms with Crippen molar-refractivity contribution in [2.45, 2.75) is 6.42 Å². The van der Waals surface area contributed by atoms with Gasteiger partial charge in [0.2, 0.25) is 5.91 Å². The number of aliphatic hydroxyl groups excluding tert-OH is 1. The Morgan fingerprint density at radius 3 is 2.68 bits per heavy atom. The number of carbonyl (C=O) groups excluding carboxylic acids is 1. The van der Waals surface area contributed by atoms with Crippen LogP contribution in [0, 0.1) is 0 Å². The van der Waals surface area contributed by atoms with Crippen molar-refractivity contribution in [3.63, 3.8) is 0 Å². The Morgan fingerprint density at radius 2 is 2.11 bits per heavy atom. The maximum atomic E-state index is 11.8. The number of nitrogens with zero attached hydrogens (tertiary/aromatic N) is 1. The summed E-state index contributed by atoms with van der Waals surface area (Å²) in [7, 11) is 0. The van der Waals surface area contributed by atoms with E-state index in [-0.39, 0.29) is 18.9 Å². The zero-order chi connectivity index (χ0) is 14.1. The molecule has 0 bridgehead atoms. The smallest absolute Gasteiger partial charge is 0.226 e. The van der Waals surface area contributed by atoms with E-state index in [4.69, 9.17) is 15.6 Å². The quantitative estimate of drug-likeness (QED) is 0.543. The Labute approximate surface area is 113 Å². The predicted molar refractivity (Wildman–Crippen MR) is 74.8 cm³/mol. The standard InChI is InChI=1S/C14H20N2O3/c1-2-8-16(9-10-17)14(18)7-11-19-13-5-3-12(15)4-6-13/h2-6,17H,1,7-11,15H2. The Balaban J connectivity index is 2.36. The molecular formula is C14H20N2O3. The minimum atomic E-state index is -0.0654. The lowest BCUT2D eigenvalue weighted by Gasteiger charge is -2.19. The van der Waals surface area contributed by atoms with Gasteiger partial charge < -0.3 is 20.5 Å². The average molecular weight is 264 g/mol. The number of aliphatic hydroxyl groups is 1.